The standard InChI is InChI=1S/C12H18N8/c1-19-7-4-14-9(19)8-15-11-16-10(13)17-12(18-11)20-5-2-3-6-20/h4,7H,2-3,5-6,8H2,1H3,(H3,13,15,16,17,18). The van der Waals surface area contributed by atoms with Crippen LogP contribution in [0, 0.1) is 0 Å². The van der Waals surface area contributed by atoms with Crippen LogP contribution in [0.25, 0.3) is 0 Å². The molecule has 0 saturated carbocycles. The minimum Gasteiger partial charge on any atom is -0.368 e. The number of aryl methyl sites for hydroxylation is 1. The summed E-state index contributed by atoms with van der Waals surface area (Å²) in [5.74, 6) is 2.29. The lowest BCUT2D eigenvalue weighted by atomic mass is 10.4. The van der Waals surface area contributed by atoms with Gasteiger partial charge in [-0.05, 0) is 12.8 Å². The van der Waals surface area contributed by atoms with E-state index in [1.165, 1.54) is 12.8 Å². The molecule has 106 valence electrons. The van der Waals surface area contributed by atoms with Gasteiger partial charge in [0.25, 0.3) is 0 Å². The van der Waals surface area contributed by atoms with Gasteiger partial charge in [0.1, 0.15) is 5.82 Å². The van der Waals surface area contributed by atoms with Crippen LogP contribution in [-0.2, 0) is 13.6 Å². The van der Waals surface area contributed by atoms with Crippen molar-refractivity contribution in [3.05, 3.63) is 18.2 Å². The molecule has 0 spiro atoms. The van der Waals surface area contributed by atoms with E-state index in [4.69, 9.17) is 5.73 Å². The van der Waals surface area contributed by atoms with E-state index in [-0.39, 0.29) is 5.95 Å². The molecule has 0 aliphatic carbocycles. The van der Waals surface area contributed by atoms with E-state index in [1.807, 2.05) is 17.8 Å². The average molecular weight is 274 g/mol. The van der Waals surface area contributed by atoms with Crippen molar-refractivity contribution < 1.29 is 0 Å². The molecule has 8 nitrogen and oxygen atoms in total. The maximum atomic E-state index is 5.76. The van der Waals surface area contributed by atoms with Crippen LogP contribution in [0.2, 0.25) is 0 Å². The van der Waals surface area contributed by atoms with Gasteiger partial charge in [-0.1, -0.05) is 0 Å². The van der Waals surface area contributed by atoms with Crippen molar-refractivity contribution in [2.75, 3.05) is 29.0 Å². The smallest absolute Gasteiger partial charge is 0.231 e. The number of hydrogen-bond donors (Lipinski definition) is 2. The summed E-state index contributed by atoms with van der Waals surface area (Å²) < 4.78 is 1.94. The maximum Gasteiger partial charge on any atom is 0.231 e. The lowest BCUT2D eigenvalue weighted by molar-refractivity contribution is 0.804. The summed E-state index contributed by atoms with van der Waals surface area (Å²) >= 11 is 0. The molecule has 2 aromatic rings. The molecule has 1 aliphatic rings. The molecule has 8 heteroatoms. The van der Waals surface area contributed by atoms with E-state index in [2.05, 4.69) is 30.2 Å². The highest BCUT2D eigenvalue weighted by molar-refractivity contribution is 5.42. The molecule has 1 aliphatic heterocycles. The van der Waals surface area contributed by atoms with Crippen LogP contribution in [0.3, 0.4) is 0 Å². The molecule has 0 bridgehead atoms. The number of rotatable bonds is 4. The van der Waals surface area contributed by atoms with E-state index < -0.39 is 0 Å². The minimum absolute atomic E-state index is 0.240. The van der Waals surface area contributed by atoms with Crippen molar-refractivity contribution in [1.29, 1.82) is 0 Å². The first-order chi connectivity index (χ1) is 9.72. The zero-order valence-electron chi connectivity index (χ0n) is 11.5. The van der Waals surface area contributed by atoms with Gasteiger partial charge in [-0.15, -0.1) is 0 Å². The predicted octanol–water partition coefficient (Wildman–Crippen LogP) is 0.400. The number of nitrogen functional groups attached to an aromatic ring is 1. The zero-order chi connectivity index (χ0) is 13.9. The number of nitrogens with one attached hydrogen (secondary N) is 1. The molecule has 3 N–H and O–H groups in total. The first-order valence-electron chi connectivity index (χ1n) is 6.69. The molecule has 1 fully saturated rings. The lowest BCUT2D eigenvalue weighted by Crippen LogP contribution is -2.22. The molecule has 0 radical (unpaired) electrons. The van der Waals surface area contributed by atoms with Gasteiger partial charge in [0.15, 0.2) is 0 Å². The Morgan fingerprint density at radius 2 is 2.05 bits per heavy atom. The van der Waals surface area contributed by atoms with Crippen LogP contribution in [0.1, 0.15) is 18.7 Å². The molecular weight excluding hydrogens is 256 g/mol. The van der Waals surface area contributed by atoms with Gasteiger partial charge in [-0.2, -0.15) is 15.0 Å². The summed E-state index contributed by atoms with van der Waals surface area (Å²) in [6, 6.07) is 0. The molecular formula is C12H18N8. The molecule has 20 heavy (non-hydrogen) atoms. The number of aromatic nitrogens is 5. The van der Waals surface area contributed by atoms with Crippen LogP contribution in [0.5, 0.6) is 0 Å². The second-order valence-corrected chi connectivity index (χ2v) is 4.82. The fourth-order valence-corrected chi connectivity index (χ4v) is 2.24. The Labute approximate surface area is 117 Å². The summed E-state index contributed by atoms with van der Waals surface area (Å²) in [4.78, 5) is 19.1. The van der Waals surface area contributed by atoms with Crippen LogP contribution >= 0.6 is 0 Å². The fourth-order valence-electron chi connectivity index (χ4n) is 2.24. The summed E-state index contributed by atoms with van der Waals surface area (Å²) in [6.45, 7) is 2.50. The highest BCUT2D eigenvalue weighted by Crippen LogP contribution is 2.17. The van der Waals surface area contributed by atoms with E-state index in [1.54, 1.807) is 6.20 Å². The molecule has 1 saturated heterocycles. The third-order valence-electron chi connectivity index (χ3n) is 3.36. The Balaban J connectivity index is 1.74. The van der Waals surface area contributed by atoms with E-state index >= 15 is 0 Å². The monoisotopic (exact) mass is 274 g/mol. The summed E-state index contributed by atoms with van der Waals surface area (Å²) in [6.07, 6.45) is 5.99. The molecule has 3 heterocycles. The first-order valence-corrected chi connectivity index (χ1v) is 6.69. The number of hydrogen-bond acceptors (Lipinski definition) is 7. The number of anilines is 3. The van der Waals surface area contributed by atoms with Crippen molar-refractivity contribution in [3.8, 4) is 0 Å². The predicted molar refractivity (Wildman–Crippen MR) is 76.2 cm³/mol. The number of nitrogens with zero attached hydrogens (tertiary/aromatic N) is 6. The second-order valence-electron chi connectivity index (χ2n) is 4.82. The van der Waals surface area contributed by atoms with Gasteiger partial charge in [0, 0.05) is 32.5 Å². The van der Waals surface area contributed by atoms with Crippen LogP contribution in [-0.4, -0.2) is 37.6 Å². The number of nitrogens with two attached hydrogens (primary N) is 1. The third kappa shape index (κ3) is 2.63. The Bertz CT molecular complexity index is 587. The normalized spacial score (nSPS) is 14.8. The van der Waals surface area contributed by atoms with Gasteiger partial charge in [-0.3, -0.25) is 0 Å². The minimum atomic E-state index is 0.240. The Morgan fingerprint density at radius 3 is 2.75 bits per heavy atom. The quantitative estimate of drug-likeness (QED) is 0.832. The van der Waals surface area contributed by atoms with Crippen molar-refractivity contribution in [2.24, 2.45) is 7.05 Å². The highest BCUT2D eigenvalue weighted by atomic mass is 15.3. The molecule has 0 atom stereocenters. The molecule has 3 rings (SSSR count). The molecule has 0 aromatic carbocycles. The Hall–Kier alpha value is -2.38. The van der Waals surface area contributed by atoms with Crippen molar-refractivity contribution >= 4 is 17.8 Å². The largest absolute Gasteiger partial charge is 0.368 e. The zero-order valence-corrected chi connectivity index (χ0v) is 11.5. The Morgan fingerprint density at radius 1 is 1.25 bits per heavy atom. The average Bonchev–Trinajstić information content (AvgIpc) is 3.07. The first kappa shape index (κ1) is 12.6. The lowest BCUT2D eigenvalue weighted by Gasteiger charge is -2.16. The SMILES string of the molecule is Cn1ccnc1CNc1nc(N)nc(N2CCCC2)n1. The molecule has 2 aromatic heterocycles. The van der Waals surface area contributed by atoms with Crippen molar-refractivity contribution in [2.45, 2.75) is 19.4 Å². The molecule has 0 amide bonds. The summed E-state index contributed by atoms with van der Waals surface area (Å²) in [5.41, 5.74) is 5.76. The molecule has 0 unspecified atom stereocenters. The van der Waals surface area contributed by atoms with Gasteiger partial charge in [0.2, 0.25) is 17.8 Å². The maximum absolute atomic E-state index is 5.76. The summed E-state index contributed by atoms with van der Waals surface area (Å²) in [5, 5.41) is 3.14. The van der Waals surface area contributed by atoms with Crippen LogP contribution in [0.15, 0.2) is 12.4 Å². The van der Waals surface area contributed by atoms with Gasteiger partial charge in [0.05, 0.1) is 6.54 Å². The van der Waals surface area contributed by atoms with E-state index in [0.717, 1.165) is 18.9 Å². The van der Waals surface area contributed by atoms with Gasteiger partial charge < -0.3 is 20.5 Å². The van der Waals surface area contributed by atoms with Crippen molar-refractivity contribution in [3.63, 3.8) is 0 Å². The Kier molecular flexibility index (Phi) is 3.36. The van der Waals surface area contributed by atoms with E-state index in [0.29, 0.717) is 18.4 Å². The van der Waals surface area contributed by atoms with Gasteiger partial charge in [-0.25, -0.2) is 4.98 Å². The second kappa shape index (κ2) is 5.32. The van der Waals surface area contributed by atoms with Crippen LogP contribution in [0.4, 0.5) is 17.8 Å². The fraction of sp³-hybridized carbons (Fsp3) is 0.500. The number of imidazole rings is 1. The highest BCUT2D eigenvalue weighted by Gasteiger charge is 2.16. The van der Waals surface area contributed by atoms with Crippen LogP contribution < -0.4 is 16.0 Å². The van der Waals surface area contributed by atoms with Gasteiger partial charge >= 0.3 is 0 Å². The van der Waals surface area contributed by atoms with Crippen molar-refractivity contribution in [1.82, 2.24) is 24.5 Å². The third-order valence-corrected chi connectivity index (χ3v) is 3.36. The topological polar surface area (TPSA) is 97.8 Å². The van der Waals surface area contributed by atoms with E-state index in [9.17, 15) is 0 Å². The summed E-state index contributed by atoms with van der Waals surface area (Å²) in [7, 11) is 1.95.